The van der Waals surface area contributed by atoms with Crippen LogP contribution in [-0.4, -0.2) is 38.4 Å². The molecule has 0 bridgehead atoms. The number of benzene rings is 1. The molecule has 1 aromatic rings. The maximum Gasteiger partial charge on any atom is 0.244 e. The van der Waals surface area contributed by atoms with Gasteiger partial charge in [0.2, 0.25) is 10.0 Å². The monoisotopic (exact) mass is 348 g/mol. The Morgan fingerprint density at radius 1 is 1.33 bits per heavy atom. The average molecular weight is 349 g/mol. The van der Waals surface area contributed by atoms with Crippen LogP contribution in [0.1, 0.15) is 13.3 Å². The summed E-state index contributed by atoms with van der Waals surface area (Å²) in [6.07, 6.45) is 0.806. The summed E-state index contributed by atoms with van der Waals surface area (Å²) in [5.41, 5.74) is 0. The molecule has 3 unspecified atom stereocenters. The highest BCUT2D eigenvalue weighted by atomic mass is 35.5. The summed E-state index contributed by atoms with van der Waals surface area (Å²) >= 11 is 12.1. The molecule has 0 spiro atoms. The van der Waals surface area contributed by atoms with Crippen molar-refractivity contribution < 1.29 is 8.42 Å². The van der Waals surface area contributed by atoms with Crippen molar-refractivity contribution in [1.82, 2.24) is 9.62 Å². The van der Waals surface area contributed by atoms with Crippen LogP contribution in [0.15, 0.2) is 23.1 Å². The zero-order chi connectivity index (χ0) is 15.2. The Labute approximate surface area is 135 Å². The van der Waals surface area contributed by atoms with E-state index >= 15 is 0 Å². The van der Waals surface area contributed by atoms with E-state index in [9.17, 15) is 8.42 Å². The highest BCUT2D eigenvalue weighted by Gasteiger charge is 2.48. The van der Waals surface area contributed by atoms with Crippen molar-refractivity contribution in [2.24, 2.45) is 11.8 Å². The second-order valence-electron chi connectivity index (χ2n) is 5.68. The van der Waals surface area contributed by atoms with Gasteiger partial charge in [0.25, 0.3) is 0 Å². The van der Waals surface area contributed by atoms with Crippen molar-refractivity contribution in [2.75, 3.05) is 19.6 Å². The molecule has 1 N–H and O–H groups in total. The van der Waals surface area contributed by atoms with Gasteiger partial charge in [-0.25, -0.2) is 8.42 Å². The molecule has 0 aliphatic carbocycles. The van der Waals surface area contributed by atoms with Gasteiger partial charge < -0.3 is 5.32 Å². The number of nitrogens with zero attached hydrogens (tertiary/aromatic N) is 1. The average Bonchev–Trinajstić information content (AvgIpc) is 3.01. The van der Waals surface area contributed by atoms with Gasteiger partial charge in [0.05, 0.1) is 10.0 Å². The summed E-state index contributed by atoms with van der Waals surface area (Å²) in [6, 6.07) is 4.79. The lowest BCUT2D eigenvalue weighted by Crippen LogP contribution is -2.39. The first-order chi connectivity index (χ1) is 9.96. The Balaban J connectivity index is 2.00. The number of nitrogens with one attached hydrogen (secondary N) is 1. The zero-order valence-electron chi connectivity index (χ0n) is 11.7. The summed E-state index contributed by atoms with van der Waals surface area (Å²) in [5.74, 6) is 0.783. The molecule has 2 heterocycles. The van der Waals surface area contributed by atoms with Crippen LogP contribution in [0.3, 0.4) is 0 Å². The Morgan fingerprint density at radius 2 is 2.10 bits per heavy atom. The molecule has 21 heavy (non-hydrogen) atoms. The van der Waals surface area contributed by atoms with E-state index in [1.807, 2.05) is 6.92 Å². The Bertz CT molecular complexity index is 650. The van der Waals surface area contributed by atoms with Gasteiger partial charge in [-0.05, 0) is 43.5 Å². The lowest BCUT2D eigenvalue weighted by molar-refractivity contribution is 0.329. The van der Waals surface area contributed by atoms with Crippen molar-refractivity contribution in [3.63, 3.8) is 0 Å². The number of hydrogen-bond acceptors (Lipinski definition) is 3. The number of halogens is 2. The van der Waals surface area contributed by atoms with Gasteiger partial charge in [-0.15, -0.1) is 0 Å². The SMILES string of the molecule is CCC1C2CNCC2CN1S(=O)(=O)c1cccc(Cl)c1Cl. The molecule has 3 rings (SSSR count). The smallest absolute Gasteiger partial charge is 0.244 e. The first-order valence-electron chi connectivity index (χ1n) is 7.13. The molecule has 0 amide bonds. The van der Waals surface area contributed by atoms with E-state index in [-0.39, 0.29) is 21.0 Å². The van der Waals surface area contributed by atoms with Gasteiger partial charge in [0, 0.05) is 12.6 Å². The summed E-state index contributed by atoms with van der Waals surface area (Å²) in [6.45, 7) is 4.36. The van der Waals surface area contributed by atoms with Crippen LogP contribution in [0.5, 0.6) is 0 Å². The van der Waals surface area contributed by atoms with Gasteiger partial charge in [-0.1, -0.05) is 36.2 Å². The highest BCUT2D eigenvalue weighted by molar-refractivity contribution is 7.89. The second kappa shape index (κ2) is 5.70. The van der Waals surface area contributed by atoms with Crippen molar-refractivity contribution in [3.8, 4) is 0 Å². The van der Waals surface area contributed by atoms with E-state index in [4.69, 9.17) is 23.2 Å². The van der Waals surface area contributed by atoms with Crippen LogP contribution in [0.4, 0.5) is 0 Å². The van der Waals surface area contributed by atoms with Gasteiger partial charge >= 0.3 is 0 Å². The molecule has 2 fully saturated rings. The van der Waals surface area contributed by atoms with E-state index in [0.29, 0.717) is 18.4 Å². The minimum Gasteiger partial charge on any atom is -0.316 e. The number of hydrogen-bond donors (Lipinski definition) is 1. The molecule has 116 valence electrons. The summed E-state index contributed by atoms with van der Waals surface area (Å²) < 4.78 is 27.6. The maximum atomic E-state index is 13.0. The minimum atomic E-state index is -3.61. The van der Waals surface area contributed by atoms with Crippen molar-refractivity contribution in [2.45, 2.75) is 24.3 Å². The fourth-order valence-electron chi connectivity index (χ4n) is 3.58. The van der Waals surface area contributed by atoms with Crippen LogP contribution < -0.4 is 5.32 Å². The lowest BCUT2D eigenvalue weighted by Gasteiger charge is -2.26. The second-order valence-corrected chi connectivity index (χ2v) is 8.33. The van der Waals surface area contributed by atoms with Crippen molar-refractivity contribution in [1.29, 1.82) is 0 Å². The molecule has 2 saturated heterocycles. The normalized spacial score (nSPS) is 29.8. The topological polar surface area (TPSA) is 49.4 Å². The maximum absolute atomic E-state index is 13.0. The molecule has 0 saturated carbocycles. The number of rotatable bonds is 3. The number of sulfonamides is 1. The van der Waals surface area contributed by atoms with Gasteiger partial charge in [-0.3, -0.25) is 0 Å². The largest absolute Gasteiger partial charge is 0.316 e. The third kappa shape index (κ3) is 2.49. The Morgan fingerprint density at radius 3 is 2.81 bits per heavy atom. The van der Waals surface area contributed by atoms with Crippen molar-refractivity contribution >= 4 is 33.2 Å². The van der Waals surface area contributed by atoms with E-state index in [1.165, 1.54) is 6.07 Å². The molecular weight excluding hydrogens is 331 g/mol. The predicted molar refractivity (Wildman–Crippen MR) is 84.3 cm³/mol. The molecule has 3 atom stereocenters. The summed E-state index contributed by atoms with van der Waals surface area (Å²) in [7, 11) is -3.61. The van der Waals surface area contributed by atoms with Gasteiger partial charge in [-0.2, -0.15) is 4.31 Å². The molecule has 2 aliphatic rings. The standard InChI is InChI=1S/C14H18Cl2N2O2S/c1-2-12-10-7-17-6-9(10)8-18(12)21(19,20)13-5-3-4-11(15)14(13)16/h3-5,9-10,12,17H,2,6-8H2,1H3. The lowest BCUT2D eigenvalue weighted by atomic mass is 9.93. The number of fused-ring (bicyclic) bond motifs is 1. The molecule has 1 aromatic carbocycles. The molecule has 4 nitrogen and oxygen atoms in total. The van der Waals surface area contributed by atoms with Crippen LogP contribution in [-0.2, 0) is 10.0 Å². The quantitative estimate of drug-likeness (QED) is 0.913. The van der Waals surface area contributed by atoms with E-state index in [1.54, 1.807) is 16.4 Å². The Kier molecular flexibility index (Phi) is 4.23. The van der Waals surface area contributed by atoms with Crippen molar-refractivity contribution in [3.05, 3.63) is 28.2 Å². The Hall–Kier alpha value is -0.330. The van der Waals surface area contributed by atoms with E-state index < -0.39 is 10.0 Å². The predicted octanol–water partition coefficient (Wildman–Crippen LogP) is 2.61. The molecule has 2 aliphatic heterocycles. The van der Waals surface area contributed by atoms with Gasteiger partial charge in [0.15, 0.2) is 0 Å². The summed E-state index contributed by atoms with van der Waals surface area (Å²) in [4.78, 5) is 0.114. The highest BCUT2D eigenvalue weighted by Crippen LogP contribution is 2.40. The third-order valence-electron chi connectivity index (χ3n) is 4.59. The zero-order valence-corrected chi connectivity index (χ0v) is 14.0. The molecular formula is C14H18Cl2N2O2S. The van der Waals surface area contributed by atoms with Crippen LogP contribution in [0, 0.1) is 11.8 Å². The fourth-order valence-corrected chi connectivity index (χ4v) is 6.11. The molecule has 0 radical (unpaired) electrons. The van der Waals surface area contributed by atoms with Gasteiger partial charge in [0.1, 0.15) is 4.90 Å². The minimum absolute atomic E-state index is 0.0325. The first-order valence-corrected chi connectivity index (χ1v) is 9.33. The molecule has 0 aromatic heterocycles. The fraction of sp³-hybridized carbons (Fsp3) is 0.571. The third-order valence-corrected chi connectivity index (χ3v) is 7.46. The molecule has 7 heteroatoms. The van der Waals surface area contributed by atoms with Crippen LogP contribution in [0.25, 0.3) is 0 Å². The summed E-state index contributed by atoms with van der Waals surface area (Å²) in [5, 5.41) is 3.74. The van der Waals surface area contributed by atoms with E-state index in [2.05, 4.69) is 5.32 Å². The van der Waals surface area contributed by atoms with E-state index in [0.717, 1.165) is 19.5 Å². The first kappa shape index (κ1) is 15.6. The van der Waals surface area contributed by atoms with Crippen LogP contribution in [0.2, 0.25) is 10.0 Å². The van der Waals surface area contributed by atoms with Crippen LogP contribution >= 0.6 is 23.2 Å².